The summed E-state index contributed by atoms with van der Waals surface area (Å²) in [6.07, 6.45) is 2.19. The molecule has 0 radical (unpaired) electrons. The van der Waals surface area contributed by atoms with Gasteiger partial charge in [-0.15, -0.1) is 11.8 Å². The summed E-state index contributed by atoms with van der Waals surface area (Å²) in [5, 5.41) is 1.33. The van der Waals surface area contributed by atoms with Crippen LogP contribution in [-0.4, -0.2) is 10.3 Å². The molecule has 0 saturated carbocycles. The molecule has 1 heterocycles. The van der Waals surface area contributed by atoms with E-state index in [4.69, 9.17) is 0 Å². The zero-order chi connectivity index (χ0) is 13.1. The number of thioether (sulfide) groups is 1. The fraction of sp³-hybridized carbons (Fsp3) is 0.176. The van der Waals surface area contributed by atoms with Crippen LogP contribution >= 0.6 is 11.8 Å². The Morgan fingerprint density at radius 3 is 2.68 bits per heavy atom. The molecule has 0 unspecified atom stereocenters. The van der Waals surface area contributed by atoms with Crippen molar-refractivity contribution in [3.8, 4) is 0 Å². The lowest BCUT2D eigenvalue weighted by Gasteiger charge is -2.06. The molecule has 0 aliphatic carbocycles. The number of rotatable bonds is 4. The van der Waals surface area contributed by atoms with Crippen LogP contribution in [0.15, 0.2) is 65.7 Å². The summed E-state index contributed by atoms with van der Waals surface area (Å²) in [5.41, 5.74) is 2.66. The Morgan fingerprint density at radius 1 is 1.00 bits per heavy atom. The minimum atomic E-state index is 1.05. The van der Waals surface area contributed by atoms with E-state index in [9.17, 15) is 0 Å². The van der Waals surface area contributed by atoms with Crippen LogP contribution < -0.4 is 0 Å². The highest BCUT2D eigenvalue weighted by Crippen LogP contribution is 2.20. The van der Waals surface area contributed by atoms with E-state index < -0.39 is 0 Å². The fourth-order valence-electron chi connectivity index (χ4n) is 2.27. The van der Waals surface area contributed by atoms with E-state index in [-0.39, 0.29) is 0 Å². The molecule has 0 atom stereocenters. The highest BCUT2D eigenvalue weighted by molar-refractivity contribution is 7.99. The molecule has 0 aliphatic heterocycles. The molecule has 0 spiro atoms. The highest BCUT2D eigenvalue weighted by atomic mass is 32.2. The van der Waals surface area contributed by atoms with Gasteiger partial charge in [0.2, 0.25) is 0 Å². The molecule has 0 aliphatic rings. The first-order chi connectivity index (χ1) is 9.33. The third-order valence-electron chi connectivity index (χ3n) is 3.27. The first kappa shape index (κ1) is 12.4. The number of hydrogen-bond acceptors (Lipinski definition) is 1. The van der Waals surface area contributed by atoms with Gasteiger partial charge in [-0.1, -0.05) is 30.3 Å². The number of benzene rings is 2. The van der Waals surface area contributed by atoms with Gasteiger partial charge >= 0.3 is 0 Å². The van der Waals surface area contributed by atoms with E-state index in [0.717, 1.165) is 12.3 Å². The van der Waals surface area contributed by atoms with Gasteiger partial charge in [-0.05, 0) is 42.1 Å². The predicted molar refractivity (Wildman–Crippen MR) is 83.8 cm³/mol. The van der Waals surface area contributed by atoms with Gasteiger partial charge < -0.3 is 4.57 Å². The van der Waals surface area contributed by atoms with E-state index in [0.29, 0.717) is 0 Å². The largest absolute Gasteiger partial charge is 0.347 e. The molecule has 96 valence electrons. The minimum Gasteiger partial charge on any atom is -0.347 e. The average molecular weight is 267 g/mol. The molecule has 19 heavy (non-hydrogen) atoms. The Kier molecular flexibility index (Phi) is 3.60. The summed E-state index contributed by atoms with van der Waals surface area (Å²) in [5.74, 6) is 1.10. The Balaban J connectivity index is 1.70. The number of aromatic nitrogens is 1. The van der Waals surface area contributed by atoms with Crippen LogP contribution in [0.2, 0.25) is 0 Å². The summed E-state index contributed by atoms with van der Waals surface area (Å²) in [4.78, 5) is 1.34. The topological polar surface area (TPSA) is 4.93 Å². The Hall–Kier alpha value is -1.67. The SMILES string of the molecule is Cc1ccc2ccn(CCSc3ccccc3)c2c1. The molecule has 0 N–H and O–H groups in total. The van der Waals surface area contributed by atoms with E-state index in [1.807, 2.05) is 11.8 Å². The van der Waals surface area contributed by atoms with Crippen LogP contribution in [0.5, 0.6) is 0 Å². The van der Waals surface area contributed by atoms with Gasteiger partial charge in [0, 0.05) is 28.9 Å². The van der Waals surface area contributed by atoms with Gasteiger partial charge in [-0.2, -0.15) is 0 Å². The summed E-state index contributed by atoms with van der Waals surface area (Å²) in [6, 6.07) is 19.4. The molecule has 0 amide bonds. The van der Waals surface area contributed by atoms with Crippen molar-refractivity contribution in [3.05, 3.63) is 66.4 Å². The monoisotopic (exact) mass is 267 g/mol. The summed E-state index contributed by atoms with van der Waals surface area (Å²) in [7, 11) is 0. The molecule has 1 nitrogen and oxygen atoms in total. The van der Waals surface area contributed by atoms with Crippen molar-refractivity contribution in [3.63, 3.8) is 0 Å². The second-order valence-corrected chi connectivity index (χ2v) is 5.90. The lowest BCUT2D eigenvalue weighted by Crippen LogP contribution is -1.98. The molecule has 2 aromatic carbocycles. The van der Waals surface area contributed by atoms with Crippen LogP contribution in [0.4, 0.5) is 0 Å². The molecule has 0 saturated heterocycles. The Morgan fingerprint density at radius 2 is 1.84 bits per heavy atom. The predicted octanol–water partition coefficient (Wildman–Crippen LogP) is 4.74. The molecule has 2 heteroatoms. The number of aryl methyl sites for hydroxylation is 2. The van der Waals surface area contributed by atoms with Crippen molar-refractivity contribution in [1.29, 1.82) is 0 Å². The van der Waals surface area contributed by atoms with Crippen LogP contribution in [0.1, 0.15) is 5.56 Å². The lowest BCUT2D eigenvalue weighted by atomic mass is 10.2. The van der Waals surface area contributed by atoms with Crippen LogP contribution in [0.25, 0.3) is 10.9 Å². The molecule has 3 aromatic rings. The second kappa shape index (κ2) is 5.54. The quantitative estimate of drug-likeness (QED) is 0.618. The summed E-state index contributed by atoms with van der Waals surface area (Å²) < 4.78 is 2.35. The first-order valence-electron chi connectivity index (χ1n) is 6.56. The molecule has 3 rings (SSSR count). The molecular weight excluding hydrogens is 250 g/mol. The van der Waals surface area contributed by atoms with E-state index >= 15 is 0 Å². The van der Waals surface area contributed by atoms with Crippen molar-refractivity contribution in [2.24, 2.45) is 0 Å². The first-order valence-corrected chi connectivity index (χ1v) is 7.55. The van der Waals surface area contributed by atoms with Crippen LogP contribution in [0, 0.1) is 6.92 Å². The highest BCUT2D eigenvalue weighted by Gasteiger charge is 2.01. The van der Waals surface area contributed by atoms with Crippen molar-refractivity contribution >= 4 is 22.7 Å². The zero-order valence-corrected chi connectivity index (χ0v) is 11.9. The van der Waals surface area contributed by atoms with Gasteiger partial charge in [0.25, 0.3) is 0 Å². The smallest absolute Gasteiger partial charge is 0.0483 e. The van der Waals surface area contributed by atoms with Gasteiger partial charge in [0.1, 0.15) is 0 Å². The maximum Gasteiger partial charge on any atom is 0.0483 e. The van der Waals surface area contributed by atoms with Crippen LogP contribution in [0.3, 0.4) is 0 Å². The van der Waals surface area contributed by atoms with Crippen molar-refractivity contribution in [2.75, 3.05) is 5.75 Å². The molecule has 0 bridgehead atoms. The standard InChI is InChI=1S/C17H17NS/c1-14-7-8-15-9-10-18(17(15)13-14)11-12-19-16-5-3-2-4-6-16/h2-10,13H,11-12H2,1H3. The maximum atomic E-state index is 2.35. The molecular formula is C17H17NS. The van der Waals surface area contributed by atoms with Gasteiger partial charge in [-0.25, -0.2) is 0 Å². The van der Waals surface area contributed by atoms with Crippen molar-refractivity contribution in [2.45, 2.75) is 18.4 Å². The van der Waals surface area contributed by atoms with E-state index in [2.05, 4.69) is 72.3 Å². The molecule has 1 aromatic heterocycles. The van der Waals surface area contributed by atoms with Crippen LogP contribution in [-0.2, 0) is 6.54 Å². The minimum absolute atomic E-state index is 1.05. The van der Waals surface area contributed by atoms with Gasteiger partial charge in [0.15, 0.2) is 0 Å². The van der Waals surface area contributed by atoms with Gasteiger partial charge in [0.05, 0.1) is 0 Å². The maximum absolute atomic E-state index is 2.35. The lowest BCUT2D eigenvalue weighted by molar-refractivity contribution is 0.807. The second-order valence-electron chi connectivity index (χ2n) is 4.73. The van der Waals surface area contributed by atoms with Crippen molar-refractivity contribution in [1.82, 2.24) is 4.57 Å². The fourth-order valence-corrected chi connectivity index (χ4v) is 3.14. The number of nitrogens with zero attached hydrogens (tertiary/aromatic N) is 1. The van der Waals surface area contributed by atoms with E-state index in [1.165, 1.54) is 21.4 Å². The third kappa shape index (κ3) is 2.85. The average Bonchev–Trinajstić information content (AvgIpc) is 2.83. The zero-order valence-electron chi connectivity index (χ0n) is 11.0. The third-order valence-corrected chi connectivity index (χ3v) is 4.27. The Labute approximate surface area is 118 Å². The summed E-state index contributed by atoms with van der Waals surface area (Å²) >= 11 is 1.91. The summed E-state index contributed by atoms with van der Waals surface area (Å²) in [6.45, 7) is 3.20. The van der Waals surface area contributed by atoms with E-state index in [1.54, 1.807) is 0 Å². The Bertz CT molecular complexity index is 670. The van der Waals surface area contributed by atoms with Crippen molar-refractivity contribution < 1.29 is 0 Å². The number of fused-ring (bicyclic) bond motifs is 1. The number of hydrogen-bond donors (Lipinski definition) is 0. The molecule has 0 fully saturated rings. The van der Waals surface area contributed by atoms with Gasteiger partial charge in [-0.3, -0.25) is 0 Å². The normalized spacial score (nSPS) is 11.0.